The predicted octanol–water partition coefficient (Wildman–Crippen LogP) is 1.07. The van der Waals surface area contributed by atoms with Gasteiger partial charge >= 0.3 is 12.0 Å². The lowest BCUT2D eigenvalue weighted by Crippen LogP contribution is -2.53. The fourth-order valence-corrected chi connectivity index (χ4v) is 1.36. The number of carboxylic acids is 1. The SMILES string of the molecule is C=CCSCCNC(=O)NC(C)(C)C(=O)O. The van der Waals surface area contributed by atoms with Crippen LogP contribution in [-0.2, 0) is 4.79 Å². The molecule has 0 heterocycles. The minimum Gasteiger partial charge on any atom is -0.480 e. The van der Waals surface area contributed by atoms with Crippen LogP contribution in [0.1, 0.15) is 13.8 Å². The Kier molecular flexibility index (Phi) is 6.64. The summed E-state index contributed by atoms with van der Waals surface area (Å²) >= 11 is 1.64. The van der Waals surface area contributed by atoms with E-state index < -0.39 is 17.5 Å². The van der Waals surface area contributed by atoms with Crippen molar-refractivity contribution >= 4 is 23.8 Å². The number of hydrogen-bond acceptors (Lipinski definition) is 3. The Hall–Kier alpha value is -1.17. The largest absolute Gasteiger partial charge is 0.480 e. The second kappa shape index (κ2) is 7.16. The van der Waals surface area contributed by atoms with Crippen molar-refractivity contribution in [1.29, 1.82) is 0 Å². The fraction of sp³-hybridized carbons (Fsp3) is 0.600. The van der Waals surface area contributed by atoms with E-state index >= 15 is 0 Å². The summed E-state index contributed by atoms with van der Waals surface area (Å²) in [5.41, 5.74) is -1.25. The molecule has 0 aliphatic carbocycles. The molecule has 0 atom stereocenters. The molecule has 0 saturated carbocycles. The second-order valence-corrected chi connectivity index (χ2v) is 4.82. The van der Waals surface area contributed by atoms with Crippen LogP contribution in [0.2, 0.25) is 0 Å². The third-order valence-corrected chi connectivity index (χ3v) is 2.69. The van der Waals surface area contributed by atoms with E-state index in [9.17, 15) is 9.59 Å². The molecule has 0 radical (unpaired) electrons. The topological polar surface area (TPSA) is 78.4 Å². The van der Waals surface area contributed by atoms with Crippen LogP contribution in [0.15, 0.2) is 12.7 Å². The van der Waals surface area contributed by atoms with E-state index in [1.54, 1.807) is 17.8 Å². The van der Waals surface area contributed by atoms with Gasteiger partial charge in [0.25, 0.3) is 0 Å². The molecule has 0 aliphatic rings. The third-order valence-electron chi connectivity index (χ3n) is 1.73. The van der Waals surface area contributed by atoms with Gasteiger partial charge < -0.3 is 15.7 Å². The zero-order chi connectivity index (χ0) is 12.6. The first kappa shape index (κ1) is 14.8. The van der Waals surface area contributed by atoms with Gasteiger partial charge in [-0.05, 0) is 13.8 Å². The van der Waals surface area contributed by atoms with E-state index in [2.05, 4.69) is 17.2 Å². The highest BCUT2D eigenvalue weighted by Gasteiger charge is 2.28. The second-order valence-electron chi connectivity index (χ2n) is 3.67. The Morgan fingerprint density at radius 2 is 2.12 bits per heavy atom. The predicted molar refractivity (Wildman–Crippen MR) is 65.8 cm³/mol. The van der Waals surface area contributed by atoms with Gasteiger partial charge in [-0.2, -0.15) is 11.8 Å². The summed E-state index contributed by atoms with van der Waals surface area (Å²) in [6.45, 7) is 6.94. The van der Waals surface area contributed by atoms with Gasteiger partial charge in [0.2, 0.25) is 0 Å². The Bertz CT molecular complexity index is 267. The molecule has 5 nitrogen and oxygen atoms in total. The number of thioether (sulfide) groups is 1. The van der Waals surface area contributed by atoms with Crippen LogP contribution in [-0.4, -0.2) is 40.7 Å². The quantitative estimate of drug-likeness (QED) is 0.464. The molecule has 2 amide bonds. The molecule has 16 heavy (non-hydrogen) atoms. The molecule has 0 aromatic rings. The van der Waals surface area contributed by atoms with Crippen molar-refractivity contribution in [2.45, 2.75) is 19.4 Å². The van der Waals surface area contributed by atoms with E-state index in [1.807, 2.05) is 0 Å². The molecule has 0 fully saturated rings. The number of urea groups is 1. The minimum absolute atomic E-state index is 0.466. The first-order valence-electron chi connectivity index (χ1n) is 4.88. The molecule has 3 N–H and O–H groups in total. The summed E-state index contributed by atoms with van der Waals surface area (Å²) in [5, 5.41) is 13.7. The van der Waals surface area contributed by atoms with Crippen LogP contribution in [0.5, 0.6) is 0 Å². The summed E-state index contributed by atoms with van der Waals surface area (Å²) < 4.78 is 0. The van der Waals surface area contributed by atoms with Crippen molar-refractivity contribution in [3.05, 3.63) is 12.7 Å². The van der Waals surface area contributed by atoms with Crippen molar-refractivity contribution in [2.24, 2.45) is 0 Å². The summed E-state index contributed by atoms with van der Waals surface area (Å²) in [5.74, 6) is 0.542. The van der Waals surface area contributed by atoms with Crippen LogP contribution < -0.4 is 10.6 Å². The summed E-state index contributed by atoms with van der Waals surface area (Å²) in [7, 11) is 0. The Morgan fingerprint density at radius 1 is 1.50 bits per heavy atom. The van der Waals surface area contributed by atoms with E-state index in [1.165, 1.54) is 13.8 Å². The Morgan fingerprint density at radius 3 is 2.62 bits per heavy atom. The zero-order valence-corrected chi connectivity index (χ0v) is 10.4. The van der Waals surface area contributed by atoms with Gasteiger partial charge in [0.1, 0.15) is 5.54 Å². The Balaban J connectivity index is 3.74. The maximum Gasteiger partial charge on any atom is 0.328 e. The van der Waals surface area contributed by atoms with E-state index in [0.717, 1.165) is 11.5 Å². The lowest BCUT2D eigenvalue weighted by atomic mass is 10.1. The molecule has 0 aromatic carbocycles. The summed E-state index contributed by atoms with van der Waals surface area (Å²) in [6.07, 6.45) is 1.79. The molecule has 0 spiro atoms. The zero-order valence-electron chi connectivity index (χ0n) is 9.58. The Labute approximate surface area is 99.7 Å². The molecule has 0 aromatic heterocycles. The van der Waals surface area contributed by atoms with Crippen molar-refractivity contribution in [3.63, 3.8) is 0 Å². The molecular formula is C10H18N2O3S. The fourth-order valence-electron chi connectivity index (χ4n) is 0.785. The summed E-state index contributed by atoms with van der Waals surface area (Å²) in [6, 6.07) is -0.466. The van der Waals surface area contributed by atoms with Crippen molar-refractivity contribution in [2.75, 3.05) is 18.1 Å². The van der Waals surface area contributed by atoms with Gasteiger partial charge in [-0.25, -0.2) is 9.59 Å². The molecule has 0 aliphatic heterocycles. The highest BCUT2D eigenvalue weighted by atomic mass is 32.2. The van der Waals surface area contributed by atoms with Crippen LogP contribution in [0, 0.1) is 0 Å². The maximum atomic E-state index is 11.3. The van der Waals surface area contributed by atoms with Crippen LogP contribution >= 0.6 is 11.8 Å². The number of rotatable bonds is 7. The van der Waals surface area contributed by atoms with Crippen LogP contribution in [0.3, 0.4) is 0 Å². The van der Waals surface area contributed by atoms with Gasteiger partial charge in [0, 0.05) is 18.1 Å². The molecule has 0 bridgehead atoms. The minimum atomic E-state index is -1.25. The summed E-state index contributed by atoms with van der Waals surface area (Å²) in [4.78, 5) is 22.0. The first-order chi connectivity index (χ1) is 7.40. The van der Waals surface area contributed by atoms with E-state index in [4.69, 9.17) is 5.11 Å². The number of carboxylic acid groups (broad SMARTS) is 1. The van der Waals surface area contributed by atoms with Crippen molar-refractivity contribution in [1.82, 2.24) is 10.6 Å². The molecule has 92 valence electrons. The first-order valence-corrected chi connectivity index (χ1v) is 6.03. The smallest absolute Gasteiger partial charge is 0.328 e. The number of carbonyl (C=O) groups is 2. The average molecular weight is 246 g/mol. The van der Waals surface area contributed by atoms with Gasteiger partial charge in [0.05, 0.1) is 0 Å². The monoisotopic (exact) mass is 246 g/mol. The van der Waals surface area contributed by atoms with Crippen molar-refractivity contribution in [3.8, 4) is 0 Å². The van der Waals surface area contributed by atoms with Crippen LogP contribution in [0.4, 0.5) is 4.79 Å². The number of nitrogens with one attached hydrogen (secondary N) is 2. The maximum absolute atomic E-state index is 11.3. The lowest BCUT2D eigenvalue weighted by molar-refractivity contribution is -0.142. The highest BCUT2D eigenvalue weighted by Crippen LogP contribution is 2.01. The van der Waals surface area contributed by atoms with Gasteiger partial charge in [-0.1, -0.05) is 6.08 Å². The molecule has 0 unspecified atom stereocenters. The number of amides is 2. The third kappa shape index (κ3) is 6.34. The molecule has 0 rings (SSSR count). The highest BCUT2D eigenvalue weighted by molar-refractivity contribution is 7.99. The molecule has 0 saturated heterocycles. The van der Waals surface area contributed by atoms with Crippen molar-refractivity contribution < 1.29 is 14.7 Å². The standard InChI is InChI=1S/C10H18N2O3S/c1-4-6-16-7-5-11-9(15)12-10(2,3)8(13)14/h4H,1,5-7H2,2-3H3,(H,13,14)(H2,11,12,15). The lowest BCUT2D eigenvalue weighted by Gasteiger charge is -2.21. The van der Waals surface area contributed by atoms with E-state index in [0.29, 0.717) is 6.54 Å². The molecular weight excluding hydrogens is 228 g/mol. The number of hydrogen-bond donors (Lipinski definition) is 3. The van der Waals surface area contributed by atoms with Gasteiger partial charge in [-0.3, -0.25) is 0 Å². The van der Waals surface area contributed by atoms with Gasteiger partial charge in [-0.15, -0.1) is 6.58 Å². The normalized spacial score (nSPS) is 10.6. The number of aliphatic carboxylic acids is 1. The molecule has 6 heteroatoms. The van der Waals surface area contributed by atoms with Crippen LogP contribution in [0.25, 0.3) is 0 Å². The average Bonchev–Trinajstić information content (AvgIpc) is 2.16. The number of carbonyl (C=O) groups excluding carboxylic acids is 1. The van der Waals surface area contributed by atoms with E-state index in [-0.39, 0.29) is 0 Å². The van der Waals surface area contributed by atoms with Gasteiger partial charge in [0.15, 0.2) is 0 Å².